The Bertz CT molecular complexity index is 1370. The summed E-state index contributed by atoms with van der Waals surface area (Å²) in [4.78, 5) is 24.6. The second kappa shape index (κ2) is 12.2. The maximum absolute atomic E-state index is 16.0. The van der Waals surface area contributed by atoms with Gasteiger partial charge >= 0.3 is 13.8 Å². The van der Waals surface area contributed by atoms with Crippen LogP contribution in [0.3, 0.4) is 0 Å². The molecule has 2 N–H and O–H groups in total. The Labute approximate surface area is 216 Å². The van der Waals surface area contributed by atoms with E-state index in [1.807, 2.05) is 6.07 Å². The Hall–Kier alpha value is -3.73. The molecule has 3 aromatic rings. The fourth-order valence-corrected chi connectivity index (χ4v) is 4.99. The van der Waals surface area contributed by atoms with E-state index in [0.29, 0.717) is 0 Å². The van der Waals surface area contributed by atoms with Gasteiger partial charge in [0.05, 0.1) is 37.6 Å². The molecule has 38 heavy (non-hydrogen) atoms. The summed E-state index contributed by atoms with van der Waals surface area (Å²) in [6.45, 7) is 2.48. The lowest BCUT2D eigenvalue weighted by Crippen LogP contribution is -2.35. The Balaban J connectivity index is 1.61. The largest absolute Gasteiger partial charge is 0.475 e. The minimum atomic E-state index is -4.41. The molecular weight excluding hydrogens is 522 g/mol. The predicted molar refractivity (Wildman–Crippen MR) is 130 cm³/mol. The van der Waals surface area contributed by atoms with Crippen molar-refractivity contribution in [3.63, 3.8) is 0 Å². The van der Waals surface area contributed by atoms with Gasteiger partial charge in [0, 0.05) is 0 Å². The average molecular weight is 546 g/mol. The number of carbonyl (C=O) groups is 1. The van der Waals surface area contributed by atoms with Gasteiger partial charge in [0.25, 0.3) is 0 Å². The molecule has 1 unspecified atom stereocenters. The van der Waals surface area contributed by atoms with Gasteiger partial charge in [0.2, 0.25) is 0 Å². The van der Waals surface area contributed by atoms with Crippen molar-refractivity contribution in [1.82, 2.24) is 19.5 Å². The summed E-state index contributed by atoms with van der Waals surface area (Å²) in [7, 11) is -4.41. The van der Waals surface area contributed by atoms with E-state index >= 15 is 4.39 Å². The third-order valence-corrected chi connectivity index (χ3v) is 6.85. The van der Waals surface area contributed by atoms with E-state index < -0.39 is 45.0 Å². The van der Waals surface area contributed by atoms with E-state index in [0.717, 1.165) is 0 Å². The molecule has 0 bridgehead atoms. The maximum atomic E-state index is 16.0. The zero-order chi connectivity index (χ0) is 27.1. The minimum absolute atomic E-state index is 0.0801. The highest BCUT2D eigenvalue weighted by atomic mass is 31.2. The van der Waals surface area contributed by atoms with Gasteiger partial charge in [-0.15, -0.1) is 6.58 Å². The van der Waals surface area contributed by atoms with Crippen LogP contribution in [0.15, 0.2) is 55.6 Å². The number of fused-ring (bicyclic) bond motifs is 1. The second-order valence-electron chi connectivity index (χ2n) is 7.90. The van der Waals surface area contributed by atoms with Crippen molar-refractivity contribution in [2.75, 3.05) is 25.6 Å². The topological polar surface area (TPSA) is 174 Å². The number of imidazole rings is 1. The van der Waals surface area contributed by atoms with E-state index in [1.54, 1.807) is 30.3 Å². The van der Waals surface area contributed by atoms with Crippen LogP contribution in [0.25, 0.3) is 11.2 Å². The number of hydrogen-bond acceptors (Lipinski definition) is 12. The molecule has 1 fully saturated rings. The lowest BCUT2D eigenvalue weighted by molar-refractivity contribution is -0.0536. The van der Waals surface area contributed by atoms with E-state index in [1.165, 1.54) is 23.3 Å². The monoisotopic (exact) mass is 546 g/mol. The number of phosphoric acid groups is 1. The second-order valence-corrected chi connectivity index (χ2v) is 9.52. The van der Waals surface area contributed by atoms with E-state index in [2.05, 4.69) is 21.5 Å². The summed E-state index contributed by atoms with van der Waals surface area (Å²) in [5.41, 5.74) is 6.51. The van der Waals surface area contributed by atoms with E-state index in [4.69, 9.17) is 34.0 Å². The van der Waals surface area contributed by atoms with Gasteiger partial charge in [-0.2, -0.15) is 5.26 Å². The molecule has 2 aromatic heterocycles. The zero-order valence-electron chi connectivity index (χ0n) is 20.0. The van der Waals surface area contributed by atoms with Crippen LogP contribution in [0.1, 0.15) is 23.0 Å². The number of ether oxygens (including phenoxy) is 2. The van der Waals surface area contributed by atoms with Gasteiger partial charge in [0.15, 0.2) is 23.9 Å². The average Bonchev–Trinajstić information content (AvgIpc) is 3.48. The van der Waals surface area contributed by atoms with Gasteiger partial charge < -0.3 is 15.2 Å². The summed E-state index contributed by atoms with van der Waals surface area (Å²) >= 11 is 0. The number of nitriles is 1. The molecule has 3 heterocycles. The van der Waals surface area contributed by atoms with Crippen LogP contribution in [-0.2, 0) is 27.6 Å². The van der Waals surface area contributed by atoms with Gasteiger partial charge in [-0.3, -0.25) is 18.1 Å². The SMILES string of the molecule is C=CCOP(=O)(OCCC#N)O[C@H]1[C@@H](F)[C@H](n2cnc3c(N)ncnc32)O[C@@H]1COC(=O)c1ccccc1. The Morgan fingerprint density at radius 3 is 2.82 bits per heavy atom. The first-order chi connectivity index (χ1) is 18.4. The van der Waals surface area contributed by atoms with Crippen LogP contribution in [0.5, 0.6) is 0 Å². The molecule has 200 valence electrons. The van der Waals surface area contributed by atoms with Gasteiger partial charge in [0.1, 0.15) is 30.7 Å². The smallest absolute Gasteiger partial charge is 0.459 e. The fourth-order valence-electron chi connectivity index (χ4n) is 3.64. The third kappa shape index (κ3) is 6.04. The zero-order valence-corrected chi connectivity index (χ0v) is 20.9. The number of nitrogen functional groups attached to an aromatic ring is 1. The molecular formula is C23H24FN6O7P. The van der Waals surface area contributed by atoms with Crippen LogP contribution in [0, 0.1) is 11.3 Å². The molecule has 0 spiro atoms. The first-order valence-electron chi connectivity index (χ1n) is 11.4. The summed E-state index contributed by atoms with van der Waals surface area (Å²) < 4.78 is 57.7. The highest BCUT2D eigenvalue weighted by Gasteiger charge is 2.51. The molecule has 1 aromatic carbocycles. The number of aromatic nitrogens is 4. The van der Waals surface area contributed by atoms with Crippen LogP contribution in [0.4, 0.5) is 10.2 Å². The van der Waals surface area contributed by atoms with Crippen LogP contribution >= 0.6 is 7.82 Å². The predicted octanol–water partition coefficient (Wildman–Crippen LogP) is 3.13. The Morgan fingerprint density at radius 1 is 1.29 bits per heavy atom. The summed E-state index contributed by atoms with van der Waals surface area (Å²) in [5.74, 6) is -0.603. The number of halogens is 1. The highest BCUT2D eigenvalue weighted by molar-refractivity contribution is 7.48. The molecule has 0 radical (unpaired) electrons. The number of nitrogens with two attached hydrogens (primary N) is 1. The number of alkyl halides is 1. The maximum Gasteiger partial charge on any atom is 0.475 e. The number of esters is 1. The Kier molecular flexibility index (Phi) is 8.77. The van der Waals surface area contributed by atoms with Crippen molar-refractivity contribution < 1.29 is 36.8 Å². The van der Waals surface area contributed by atoms with E-state index in [9.17, 15) is 9.36 Å². The quantitative estimate of drug-likeness (QED) is 0.152. The number of benzene rings is 1. The molecule has 5 atom stereocenters. The fraction of sp³-hybridized carbons (Fsp3) is 0.348. The molecule has 0 saturated carbocycles. The van der Waals surface area contributed by atoms with Gasteiger partial charge in [-0.05, 0) is 12.1 Å². The van der Waals surface area contributed by atoms with Crippen LogP contribution in [0.2, 0.25) is 0 Å². The molecule has 0 amide bonds. The van der Waals surface area contributed by atoms with Crippen LogP contribution in [-0.4, -0.2) is 63.7 Å². The number of carbonyl (C=O) groups excluding carboxylic acids is 1. The summed E-state index contributed by atoms with van der Waals surface area (Å²) in [6, 6.07) is 9.99. The lowest BCUT2D eigenvalue weighted by atomic mass is 10.1. The summed E-state index contributed by atoms with van der Waals surface area (Å²) in [6.07, 6.45) is -2.57. The number of nitrogens with zero attached hydrogens (tertiary/aromatic N) is 5. The number of phosphoric ester groups is 1. The van der Waals surface area contributed by atoms with Crippen molar-refractivity contribution in [3.05, 3.63) is 61.2 Å². The van der Waals surface area contributed by atoms with Crippen molar-refractivity contribution in [2.45, 2.75) is 31.0 Å². The molecule has 15 heteroatoms. The normalized spacial score (nSPS) is 22.5. The van der Waals surface area contributed by atoms with Gasteiger partial charge in [-0.1, -0.05) is 24.3 Å². The molecule has 1 aliphatic rings. The lowest BCUT2D eigenvalue weighted by Gasteiger charge is -2.24. The van der Waals surface area contributed by atoms with E-state index in [-0.39, 0.29) is 42.2 Å². The first-order valence-corrected chi connectivity index (χ1v) is 12.8. The Morgan fingerprint density at radius 2 is 2.08 bits per heavy atom. The standard InChI is InChI=1S/C23H24FN6O7P/c1-2-10-34-38(32,35-11-6-9-25)37-19-16(12-33-23(31)15-7-4-3-5-8-15)36-22(17(19)24)30-14-29-18-20(26)27-13-28-21(18)30/h2-5,7-8,13-14,16-17,19,22H,1,6,10-12H2,(H2,26,27,28)/t16-,17-,19-,22-,38?/m1/s1. The molecule has 0 aliphatic carbocycles. The number of anilines is 1. The molecule has 1 aliphatic heterocycles. The van der Waals surface area contributed by atoms with Crippen molar-refractivity contribution in [2.24, 2.45) is 0 Å². The van der Waals surface area contributed by atoms with Gasteiger partial charge in [-0.25, -0.2) is 28.7 Å². The number of hydrogen-bond donors (Lipinski definition) is 1. The minimum Gasteiger partial charge on any atom is -0.459 e. The summed E-state index contributed by atoms with van der Waals surface area (Å²) in [5, 5.41) is 8.80. The molecule has 4 rings (SSSR count). The molecule has 13 nitrogen and oxygen atoms in total. The highest BCUT2D eigenvalue weighted by Crippen LogP contribution is 2.53. The van der Waals surface area contributed by atoms with Crippen LogP contribution < -0.4 is 5.73 Å². The third-order valence-electron chi connectivity index (χ3n) is 5.38. The van der Waals surface area contributed by atoms with Crippen molar-refractivity contribution in [3.8, 4) is 6.07 Å². The number of rotatable bonds is 12. The van der Waals surface area contributed by atoms with Crippen molar-refractivity contribution >= 4 is 30.8 Å². The molecule has 1 saturated heterocycles. The first kappa shape index (κ1) is 27.3. The van der Waals surface area contributed by atoms with Crippen molar-refractivity contribution in [1.29, 1.82) is 5.26 Å².